The number of aromatic nitrogens is 2. The average Bonchev–Trinajstić information content (AvgIpc) is 2.56. The van der Waals surface area contributed by atoms with Crippen LogP contribution in [0.5, 0.6) is 0 Å². The number of nitrogens with zero attached hydrogens (tertiary/aromatic N) is 3. The molecular formula is C19H25FN4. The molecule has 1 aliphatic rings. The molecule has 1 aromatic heterocycles. The van der Waals surface area contributed by atoms with Crippen LogP contribution in [0, 0.1) is 12.7 Å². The maximum atomic E-state index is 13.1. The number of piperidine rings is 1. The van der Waals surface area contributed by atoms with Crippen molar-refractivity contribution in [3.05, 3.63) is 42.0 Å². The Morgan fingerprint density at radius 3 is 2.67 bits per heavy atom. The molecule has 0 radical (unpaired) electrons. The van der Waals surface area contributed by atoms with Gasteiger partial charge in [0.15, 0.2) is 0 Å². The van der Waals surface area contributed by atoms with E-state index >= 15 is 0 Å². The number of hydrogen-bond donors (Lipinski definition) is 1. The number of benzene rings is 1. The normalized spacial score (nSPS) is 18.8. The van der Waals surface area contributed by atoms with Gasteiger partial charge in [-0.15, -0.1) is 0 Å². The number of anilines is 1. The topological polar surface area (TPSA) is 41.1 Å². The molecule has 1 aromatic carbocycles. The molecule has 1 saturated heterocycles. The van der Waals surface area contributed by atoms with Gasteiger partial charge in [-0.05, 0) is 57.9 Å². The first-order valence-electron chi connectivity index (χ1n) is 8.63. The van der Waals surface area contributed by atoms with Crippen LogP contribution < -0.4 is 5.32 Å². The third-order valence-electron chi connectivity index (χ3n) is 4.65. The summed E-state index contributed by atoms with van der Waals surface area (Å²) in [5.41, 5.74) is 2.77. The first-order chi connectivity index (χ1) is 11.5. The lowest BCUT2D eigenvalue weighted by Gasteiger charge is -2.35. The van der Waals surface area contributed by atoms with E-state index in [4.69, 9.17) is 0 Å². The van der Waals surface area contributed by atoms with Crippen LogP contribution in [-0.4, -0.2) is 40.0 Å². The lowest BCUT2D eigenvalue weighted by atomic mass is 10.0. The van der Waals surface area contributed by atoms with Gasteiger partial charge in [0.1, 0.15) is 5.82 Å². The Morgan fingerprint density at radius 1 is 1.25 bits per heavy atom. The number of aryl methyl sites for hydroxylation is 1. The summed E-state index contributed by atoms with van der Waals surface area (Å²) in [6, 6.07) is 7.40. The summed E-state index contributed by atoms with van der Waals surface area (Å²) in [6.07, 6.45) is 4.16. The molecule has 1 fully saturated rings. The zero-order chi connectivity index (χ0) is 17.1. The van der Waals surface area contributed by atoms with Crippen molar-refractivity contribution < 1.29 is 4.39 Å². The van der Waals surface area contributed by atoms with E-state index in [0.29, 0.717) is 18.0 Å². The molecule has 5 heteroatoms. The Bertz CT molecular complexity index is 684. The molecule has 0 amide bonds. The molecule has 4 nitrogen and oxygen atoms in total. The van der Waals surface area contributed by atoms with Gasteiger partial charge < -0.3 is 5.32 Å². The number of rotatable bonds is 4. The number of likely N-dealkylation sites (tertiary alicyclic amines) is 1. The predicted octanol–water partition coefficient (Wildman–Crippen LogP) is 3.88. The predicted molar refractivity (Wildman–Crippen MR) is 95.5 cm³/mol. The van der Waals surface area contributed by atoms with Crippen molar-refractivity contribution in [1.82, 2.24) is 14.9 Å². The van der Waals surface area contributed by atoms with Crippen molar-refractivity contribution in [1.29, 1.82) is 0 Å². The minimum absolute atomic E-state index is 0.234. The highest BCUT2D eigenvalue weighted by Gasteiger charge is 2.22. The number of nitrogens with one attached hydrogen (secondary N) is 1. The minimum atomic E-state index is -0.234. The summed E-state index contributed by atoms with van der Waals surface area (Å²) >= 11 is 0. The zero-order valence-corrected chi connectivity index (χ0v) is 14.6. The summed E-state index contributed by atoms with van der Waals surface area (Å²) < 4.78 is 13.1. The van der Waals surface area contributed by atoms with Crippen molar-refractivity contribution in [2.24, 2.45) is 0 Å². The van der Waals surface area contributed by atoms with Gasteiger partial charge in [-0.1, -0.05) is 12.1 Å². The van der Waals surface area contributed by atoms with E-state index in [1.54, 1.807) is 12.1 Å². The molecular weight excluding hydrogens is 303 g/mol. The quantitative estimate of drug-likeness (QED) is 0.925. The fourth-order valence-corrected chi connectivity index (χ4v) is 3.23. The minimum Gasteiger partial charge on any atom is -0.350 e. The van der Waals surface area contributed by atoms with E-state index in [1.807, 2.05) is 13.1 Å². The maximum absolute atomic E-state index is 13.1. The van der Waals surface area contributed by atoms with Gasteiger partial charge in [0.25, 0.3) is 0 Å². The molecule has 1 atom stereocenters. The Labute approximate surface area is 143 Å². The summed E-state index contributed by atoms with van der Waals surface area (Å²) in [4.78, 5) is 11.6. The van der Waals surface area contributed by atoms with Crippen LogP contribution in [0.3, 0.4) is 0 Å². The first kappa shape index (κ1) is 16.8. The van der Waals surface area contributed by atoms with Gasteiger partial charge in [0.2, 0.25) is 5.95 Å². The third-order valence-corrected chi connectivity index (χ3v) is 4.65. The SMILES string of the molecule is Cc1nc(NC2CCCN(C(C)C)C2)ncc1-c1ccc(F)cc1. The van der Waals surface area contributed by atoms with Gasteiger partial charge in [0.05, 0.1) is 5.69 Å². The molecule has 0 saturated carbocycles. The molecule has 3 rings (SSSR count). The van der Waals surface area contributed by atoms with Crippen molar-refractivity contribution in [3.63, 3.8) is 0 Å². The molecule has 128 valence electrons. The summed E-state index contributed by atoms with van der Waals surface area (Å²) in [7, 11) is 0. The smallest absolute Gasteiger partial charge is 0.223 e. The Hall–Kier alpha value is -2.01. The monoisotopic (exact) mass is 328 g/mol. The van der Waals surface area contributed by atoms with E-state index in [0.717, 1.165) is 29.8 Å². The Kier molecular flexibility index (Phi) is 5.09. The summed E-state index contributed by atoms with van der Waals surface area (Å²) in [5.74, 6) is 0.441. The van der Waals surface area contributed by atoms with E-state index in [9.17, 15) is 4.39 Å². The second-order valence-corrected chi connectivity index (χ2v) is 6.77. The standard InChI is InChI=1S/C19H25FN4/c1-13(2)24-10-4-5-17(12-24)23-19-21-11-18(14(3)22-19)15-6-8-16(20)9-7-15/h6-9,11,13,17H,4-5,10,12H2,1-3H3,(H,21,22,23). The molecule has 2 heterocycles. The van der Waals surface area contributed by atoms with Crippen molar-refractivity contribution in [2.75, 3.05) is 18.4 Å². The van der Waals surface area contributed by atoms with Gasteiger partial charge in [-0.2, -0.15) is 0 Å². The van der Waals surface area contributed by atoms with E-state index < -0.39 is 0 Å². The summed E-state index contributed by atoms with van der Waals surface area (Å²) in [5, 5.41) is 3.47. The Balaban J connectivity index is 1.71. The van der Waals surface area contributed by atoms with Gasteiger partial charge in [0, 0.05) is 30.4 Å². The molecule has 1 unspecified atom stereocenters. The molecule has 24 heavy (non-hydrogen) atoms. The molecule has 2 aromatic rings. The highest BCUT2D eigenvalue weighted by atomic mass is 19.1. The van der Waals surface area contributed by atoms with Crippen LogP contribution in [0.2, 0.25) is 0 Å². The fraction of sp³-hybridized carbons (Fsp3) is 0.474. The van der Waals surface area contributed by atoms with Crippen LogP contribution in [0.15, 0.2) is 30.5 Å². The highest BCUT2D eigenvalue weighted by molar-refractivity contribution is 5.65. The van der Waals surface area contributed by atoms with E-state index in [2.05, 4.69) is 34.0 Å². The van der Waals surface area contributed by atoms with Crippen molar-refractivity contribution in [3.8, 4) is 11.1 Å². The lowest BCUT2D eigenvalue weighted by Crippen LogP contribution is -2.45. The van der Waals surface area contributed by atoms with Crippen molar-refractivity contribution in [2.45, 2.75) is 45.7 Å². The van der Waals surface area contributed by atoms with Crippen LogP contribution in [-0.2, 0) is 0 Å². The molecule has 1 aliphatic heterocycles. The largest absolute Gasteiger partial charge is 0.350 e. The van der Waals surface area contributed by atoms with Crippen LogP contribution in [0.1, 0.15) is 32.4 Å². The highest BCUT2D eigenvalue weighted by Crippen LogP contribution is 2.23. The van der Waals surface area contributed by atoms with Crippen LogP contribution >= 0.6 is 0 Å². The van der Waals surface area contributed by atoms with Gasteiger partial charge >= 0.3 is 0 Å². The Morgan fingerprint density at radius 2 is 2.00 bits per heavy atom. The van der Waals surface area contributed by atoms with Gasteiger partial charge in [-0.25, -0.2) is 14.4 Å². The number of halogens is 1. The van der Waals surface area contributed by atoms with Crippen LogP contribution in [0.4, 0.5) is 10.3 Å². The molecule has 0 aliphatic carbocycles. The molecule has 0 spiro atoms. The van der Waals surface area contributed by atoms with E-state index in [1.165, 1.54) is 25.1 Å². The maximum Gasteiger partial charge on any atom is 0.223 e. The third kappa shape index (κ3) is 3.90. The second-order valence-electron chi connectivity index (χ2n) is 6.77. The molecule has 1 N–H and O–H groups in total. The van der Waals surface area contributed by atoms with Crippen LogP contribution in [0.25, 0.3) is 11.1 Å². The summed E-state index contributed by atoms with van der Waals surface area (Å²) in [6.45, 7) is 8.63. The van der Waals surface area contributed by atoms with Gasteiger partial charge in [-0.3, -0.25) is 4.90 Å². The lowest BCUT2D eigenvalue weighted by molar-refractivity contribution is 0.174. The number of hydrogen-bond acceptors (Lipinski definition) is 4. The van der Waals surface area contributed by atoms with E-state index in [-0.39, 0.29) is 5.82 Å². The molecule has 0 bridgehead atoms. The van der Waals surface area contributed by atoms with Crippen molar-refractivity contribution >= 4 is 5.95 Å². The zero-order valence-electron chi connectivity index (χ0n) is 14.6. The fourth-order valence-electron chi connectivity index (χ4n) is 3.23. The average molecular weight is 328 g/mol. The first-order valence-corrected chi connectivity index (χ1v) is 8.63. The second kappa shape index (κ2) is 7.26.